The Morgan fingerprint density at radius 3 is 1.82 bits per heavy atom. The van der Waals surface area contributed by atoms with Crippen molar-refractivity contribution in [3.05, 3.63) is 65.7 Å². The maximum Gasteiger partial charge on any atom is 0.452 e. The topological polar surface area (TPSA) is 114 Å². The zero-order valence-corrected chi connectivity index (χ0v) is 21.4. The van der Waals surface area contributed by atoms with E-state index in [-0.39, 0.29) is 5.56 Å². The molecule has 0 heterocycles. The summed E-state index contributed by atoms with van der Waals surface area (Å²) < 4.78 is 73.4. The first-order valence-electron chi connectivity index (χ1n) is 11.7. The van der Waals surface area contributed by atoms with Crippen molar-refractivity contribution in [1.29, 1.82) is 0 Å². The number of benzene rings is 2. The van der Waals surface area contributed by atoms with Gasteiger partial charge in [0, 0.05) is 5.56 Å². The summed E-state index contributed by atoms with van der Waals surface area (Å²) in [4.78, 5) is 50.1. The second kappa shape index (κ2) is 12.7. The Morgan fingerprint density at radius 1 is 0.769 bits per heavy atom. The second-order valence-corrected chi connectivity index (χ2v) is 8.94. The Labute approximate surface area is 221 Å². The second-order valence-electron chi connectivity index (χ2n) is 8.94. The molecule has 2 rings (SSSR count). The molecular formula is C26H28F5N3O5. The number of hydrogen-bond donors (Lipinski definition) is 3. The third kappa shape index (κ3) is 7.98. The van der Waals surface area contributed by atoms with Crippen LogP contribution in [0.5, 0.6) is 5.75 Å². The van der Waals surface area contributed by atoms with Crippen LogP contribution in [0.2, 0.25) is 0 Å². The van der Waals surface area contributed by atoms with Gasteiger partial charge in [-0.05, 0) is 30.5 Å². The van der Waals surface area contributed by atoms with E-state index < -0.39 is 65.2 Å². The summed E-state index contributed by atoms with van der Waals surface area (Å²) in [6.07, 6.45) is -5.23. The van der Waals surface area contributed by atoms with Crippen molar-refractivity contribution in [1.82, 2.24) is 16.0 Å². The lowest BCUT2D eigenvalue weighted by molar-refractivity contribution is -0.175. The molecule has 0 aliphatic heterocycles. The molecule has 0 aliphatic rings. The first-order chi connectivity index (χ1) is 18.1. The standard InChI is InChI=1S/C26H28F5N3O5/c1-14(2)19(21(35)26(29,30)31)33-23(37)20(16-10-12-18(39-4)13-11-16)34-22(36)15(3)32-24(38)25(27,28)17-8-6-5-7-9-17/h5-15,19-20H,1-4H3,(H,32,38)(H,33,37)(H,34,36). The number of Topliss-reactive ketones (excluding diaryl/α,β-unsaturated/α-hetero) is 1. The molecule has 3 amide bonds. The van der Waals surface area contributed by atoms with Crippen molar-refractivity contribution in [3.63, 3.8) is 0 Å². The number of amides is 3. The van der Waals surface area contributed by atoms with Crippen LogP contribution in [0, 0.1) is 5.92 Å². The number of methoxy groups -OCH3 is 1. The Hall–Kier alpha value is -4.03. The fourth-order valence-corrected chi connectivity index (χ4v) is 3.44. The predicted octanol–water partition coefficient (Wildman–Crippen LogP) is 3.42. The predicted molar refractivity (Wildman–Crippen MR) is 130 cm³/mol. The molecule has 2 aromatic rings. The van der Waals surface area contributed by atoms with E-state index in [0.29, 0.717) is 5.75 Å². The molecule has 0 radical (unpaired) electrons. The normalized spacial score (nSPS) is 14.1. The number of carbonyl (C=O) groups is 4. The van der Waals surface area contributed by atoms with Gasteiger partial charge in [0.05, 0.1) is 13.2 Å². The molecule has 0 fully saturated rings. The number of halogens is 5. The lowest BCUT2D eigenvalue weighted by Gasteiger charge is -2.27. The monoisotopic (exact) mass is 557 g/mol. The minimum absolute atomic E-state index is 0.0803. The zero-order valence-electron chi connectivity index (χ0n) is 21.4. The van der Waals surface area contributed by atoms with E-state index in [1.807, 2.05) is 10.6 Å². The molecule has 0 aliphatic carbocycles. The Morgan fingerprint density at radius 2 is 1.33 bits per heavy atom. The largest absolute Gasteiger partial charge is 0.497 e. The molecule has 212 valence electrons. The molecule has 3 atom stereocenters. The van der Waals surface area contributed by atoms with Gasteiger partial charge < -0.3 is 20.7 Å². The van der Waals surface area contributed by atoms with Crippen molar-refractivity contribution in [2.75, 3.05) is 7.11 Å². The third-order valence-electron chi connectivity index (χ3n) is 5.69. The quantitative estimate of drug-likeness (QED) is 0.367. The molecule has 0 bridgehead atoms. The summed E-state index contributed by atoms with van der Waals surface area (Å²) in [5.41, 5.74) is -0.531. The summed E-state index contributed by atoms with van der Waals surface area (Å²) in [7, 11) is 1.37. The molecule has 0 saturated heterocycles. The van der Waals surface area contributed by atoms with Crippen molar-refractivity contribution >= 4 is 23.5 Å². The van der Waals surface area contributed by atoms with Gasteiger partial charge in [-0.2, -0.15) is 22.0 Å². The van der Waals surface area contributed by atoms with Gasteiger partial charge in [-0.1, -0.05) is 56.3 Å². The molecule has 39 heavy (non-hydrogen) atoms. The minimum atomic E-state index is -5.23. The molecule has 8 nitrogen and oxygen atoms in total. The van der Waals surface area contributed by atoms with Crippen LogP contribution in [0.25, 0.3) is 0 Å². The highest BCUT2D eigenvalue weighted by Crippen LogP contribution is 2.28. The van der Waals surface area contributed by atoms with E-state index in [2.05, 4.69) is 5.32 Å². The smallest absolute Gasteiger partial charge is 0.452 e. The van der Waals surface area contributed by atoms with Crippen molar-refractivity contribution < 1.29 is 45.9 Å². The van der Waals surface area contributed by atoms with E-state index in [0.717, 1.165) is 19.1 Å². The van der Waals surface area contributed by atoms with Gasteiger partial charge in [0.2, 0.25) is 11.8 Å². The number of alkyl halides is 5. The Balaban J connectivity index is 2.28. The van der Waals surface area contributed by atoms with Crippen LogP contribution in [0.4, 0.5) is 22.0 Å². The van der Waals surface area contributed by atoms with Crippen molar-refractivity contribution in [2.45, 2.75) is 51.0 Å². The molecule has 0 aromatic heterocycles. The van der Waals surface area contributed by atoms with Gasteiger partial charge in [-0.3, -0.25) is 19.2 Å². The first kappa shape index (κ1) is 31.2. The van der Waals surface area contributed by atoms with Gasteiger partial charge in [0.1, 0.15) is 17.8 Å². The lowest BCUT2D eigenvalue weighted by Crippen LogP contribution is -2.55. The fourth-order valence-electron chi connectivity index (χ4n) is 3.44. The van der Waals surface area contributed by atoms with Crippen molar-refractivity contribution in [2.24, 2.45) is 5.92 Å². The molecule has 0 spiro atoms. The molecular weight excluding hydrogens is 529 g/mol. The number of ether oxygens (including phenoxy) is 1. The Kier molecular flexibility index (Phi) is 10.1. The van der Waals surface area contributed by atoms with Gasteiger partial charge in [0.25, 0.3) is 11.7 Å². The van der Waals surface area contributed by atoms with E-state index in [9.17, 15) is 41.1 Å². The number of nitrogens with one attached hydrogen (secondary N) is 3. The summed E-state index contributed by atoms with van der Waals surface area (Å²) in [6.45, 7) is 3.67. The fraction of sp³-hybridized carbons (Fsp3) is 0.385. The third-order valence-corrected chi connectivity index (χ3v) is 5.69. The van der Waals surface area contributed by atoms with Gasteiger partial charge in [-0.25, -0.2) is 0 Å². The van der Waals surface area contributed by atoms with Crippen LogP contribution >= 0.6 is 0 Å². The number of rotatable bonds is 11. The average molecular weight is 558 g/mol. The van der Waals surface area contributed by atoms with Crippen LogP contribution in [0.15, 0.2) is 54.6 Å². The maximum absolute atomic E-state index is 14.5. The highest BCUT2D eigenvalue weighted by molar-refractivity contribution is 5.97. The van der Waals surface area contributed by atoms with Crippen LogP contribution in [-0.2, 0) is 25.1 Å². The van der Waals surface area contributed by atoms with E-state index in [1.165, 1.54) is 63.4 Å². The first-order valence-corrected chi connectivity index (χ1v) is 11.7. The highest BCUT2D eigenvalue weighted by atomic mass is 19.4. The SMILES string of the molecule is COc1ccc(C(NC(=O)C(C)NC(=O)C(F)(F)c2ccccc2)C(=O)NC(C(=O)C(F)(F)F)C(C)C)cc1. The van der Waals surface area contributed by atoms with Gasteiger partial charge in [0.15, 0.2) is 0 Å². The zero-order chi connectivity index (χ0) is 29.5. The maximum atomic E-state index is 14.5. The number of ketones is 1. The van der Waals surface area contributed by atoms with Crippen LogP contribution in [0.1, 0.15) is 37.9 Å². The van der Waals surface area contributed by atoms with Crippen molar-refractivity contribution in [3.8, 4) is 5.75 Å². The summed E-state index contributed by atoms with van der Waals surface area (Å²) >= 11 is 0. The van der Waals surface area contributed by atoms with E-state index >= 15 is 0 Å². The van der Waals surface area contributed by atoms with E-state index in [4.69, 9.17) is 4.74 Å². The molecule has 3 N–H and O–H groups in total. The van der Waals surface area contributed by atoms with E-state index in [1.54, 1.807) is 0 Å². The molecule has 2 aromatic carbocycles. The number of hydrogen-bond acceptors (Lipinski definition) is 5. The molecule has 0 saturated carbocycles. The average Bonchev–Trinajstić information content (AvgIpc) is 2.89. The Bertz CT molecular complexity index is 1170. The van der Waals surface area contributed by atoms with Gasteiger partial charge >= 0.3 is 12.1 Å². The molecule has 3 unspecified atom stereocenters. The lowest BCUT2D eigenvalue weighted by atomic mass is 9.97. The summed E-state index contributed by atoms with van der Waals surface area (Å²) in [5.74, 6) is -10.8. The summed E-state index contributed by atoms with van der Waals surface area (Å²) in [5, 5.41) is 6.14. The van der Waals surface area contributed by atoms with Crippen LogP contribution in [-0.4, -0.2) is 48.9 Å². The minimum Gasteiger partial charge on any atom is -0.497 e. The van der Waals surface area contributed by atoms with Crippen LogP contribution < -0.4 is 20.7 Å². The summed E-state index contributed by atoms with van der Waals surface area (Å²) in [6, 6.07) is 6.45. The van der Waals surface area contributed by atoms with Gasteiger partial charge in [-0.15, -0.1) is 0 Å². The molecule has 13 heteroatoms. The number of carbonyl (C=O) groups excluding carboxylic acids is 4. The highest BCUT2D eigenvalue weighted by Gasteiger charge is 2.46. The van der Waals surface area contributed by atoms with Crippen LogP contribution in [0.3, 0.4) is 0 Å².